The number of fused-ring (bicyclic) bond motifs is 1. The van der Waals surface area contributed by atoms with Crippen molar-refractivity contribution in [2.45, 2.75) is 27.2 Å². The number of amides is 1. The minimum absolute atomic E-state index is 0.0234. The van der Waals surface area contributed by atoms with Crippen LogP contribution in [0.15, 0.2) is 47.0 Å². The maximum atomic E-state index is 12.1. The molecule has 2 rings (SSSR count). The first-order valence-corrected chi connectivity index (χ1v) is 6.33. The van der Waals surface area contributed by atoms with Crippen molar-refractivity contribution < 1.29 is 4.79 Å². The van der Waals surface area contributed by atoms with Crippen molar-refractivity contribution in [3.05, 3.63) is 47.0 Å². The minimum Gasteiger partial charge on any atom is -0.354 e. The number of nitrogens with one attached hydrogen (secondary N) is 1. The third kappa shape index (κ3) is 2.13. The molecule has 0 saturated heterocycles. The Balaban J connectivity index is 2.52. The molecule has 0 aromatic rings. The Bertz CT molecular complexity index is 495. The van der Waals surface area contributed by atoms with Crippen molar-refractivity contribution in [1.29, 1.82) is 0 Å². The van der Waals surface area contributed by atoms with Crippen LogP contribution >= 0.6 is 0 Å². The molecule has 0 aromatic heterocycles. The number of hydrogen-bond acceptors (Lipinski definition) is 2. The summed E-state index contributed by atoms with van der Waals surface area (Å²) in [5.74, 6) is 0.363. The summed E-state index contributed by atoms with van der Waals surface area (Å²) in [5, 5.41) is 2.74. The van der Waals surface area contributed by atoms with Gasteiger partial charge in [-0.25, -0.2) is 0 Å². The summed E-state index contributed by atoms with van der Waals surface area (Å²) in [5.41, 5.74) is 4.20. The normalized spacial score (nSPS) is 23.1. The molecule has 96 valence electrons. The first-order chi connectivity index (χ1) is 8.54. The molecule has 0 spiro atoms. The quantitative estimate of drug-likeness (QED) is 0.769. The summed E-state index contributed by atoms with van der Waals surface area (Å²) in [6.07, 6.45) is 9.30. The third-order valence-electron chi connectivity index (χ3n) is 3.62. The Labute approximate surface area is 109 Å². The molecule has 1 atom stereocenters. The van der Waals surface area contributed by atoms with Gasteiger partial charge in [0.05, 0.1) is 0 Å². The van der Waals surface area contributed by atoms with E-state index in [-0.39, 0.29) is 5.91 Å². The lowest BCUT2D eigenvalue weighted by molar-refractivity contribution is -0.118. The molecule has 0 fully saturated rings. The Morgan fingerprint density at radius 3 is 2.83 bits per heavy atom. The third-order valence-corrected chi connectivity index (χ3v) is 3.62. The van der Waals surface area contributed by atoms with Gasteiger partial charge in [0.2, 0.25) is 0 Å². The van der Waals surface area contributed by atoms with E-state index in [1.54, 1.807) is 7.05 Å². The summed E-state index contributed by atoms with van der Waals surface area (Å²) in [4.78, 5) is 14.1. The van der Waals surface area contributed by atoms with Gasteiger partial charge >= 0.3 is 0 Å². The molecular weight excluding hydrogens is 224 g/mol. The molecule has 2 heterocycles. The molecule has 18 heavy (non-hydrogen) atoms. The fraction of sp³-hybridized carbons (Fsp3) is 0.400. The van der Waals surface area contributed by atoms with Crippen molar-refractivity contribution >= 4 is 5.91 Å². The topological polar surface area (TPSA) is 32.3 Å². The Kier molecular flexibility index (Phi) is 3.41. The molecule has 2 aliphatic heterocycles. The highest BCUT2D eigenvalue weighted by molar-refractivity contribution is 5.94. The predicted octanol–water partition coefficient (Wildman–Crippen LogP) is 2.71. The van der Waals surface area contributed by atoms with Crippen LogP contribution in [0.25, 0.3) is 0 Å². The van der Waals surface area contributed by atoms with Gasteiger partial charge in [-0.05, 0) is 49.5 Å². The monoisotopic (exact) mass is 244 g/mol. The lowest BCUT2D eigenvalue weighted by atomic mass is 9.97. The van der Waals surface area contributed by atoms with Crippen LogP contribution in [-0.2, 0) is 4.79 Å². The van der Waals surface area contributed by atoms with Crippen LogP contribution in [0.3, 0.4) is 0 Å². The van der Waals surface area contributed by atoms with E-state index in [9.17, 15) is 4.79 Å². The number of nitrogens with zero attached hydrogens (tertiary/aromatic N) is 1. The number of likely N-dealkylation sites (N-methyl/N-ethyl adjacent to an activating group) is 1. The summed E-state index contributed by atoms with van der Waals surface area (Å²) in [6.45, 7) is 6.28. The van der Waals surface area contributed by atoms with E-state index in [0.717, 1.165) is 23.4 Å². The summed E-state index contributed by atoms with van der Waals surface area (Å²) >= 11 is 0. The van der Waals surface area contributed by atoms with Crippen molar-refractivity contribution in [1.82, 2.24) is 10.2 Å². The SMILES string of the molecule is CNC(=O)C1=C(C)C(C)CC=C2C=C(C)C=CN21. The predicted molar refractivity (Wildman–Crippen MR) is 73.4 cm³/mol. The van der Waals surface area contributed by atoms with Gasteiger partial charge in [0.25, 0.3) is 5.91 Å². The van der Waals surface area contributed by atoms with Crippen LogP contribution in [0, 0.1) is 5.92 Å². The molecule has 1 amide bonds. The van der Waals surface area contributed by atoms with Gasteiger partial charge in [0.15, 0.2) is 0 Å². The van der Waals surface area contributed by atoms with E-state index in [2.05, 4.69) is 31.3 Å². The molecule has 1 N–H and O–H groups in total. The molecule has 0 aliphatic carbocycles. The Morgan fingerprint density at radius 1 is 1.44 bits per heavy atom. The molecule has 3 heteroatoms. The molecule has 2 aliphatic rings. The fourth-order valence-electron chi connectivity index (χ4n) is 2.29. The van der Waals surface area contributed by atoms with Gasteiger partial charge in [-0.15, -0.1) is 0 Å². The Morgan fingerprint density at radius 2 is 2.17 bits per heavy atom. The first kappa shape index (κ1) is 12.7. The maximum absolute atomic E-state index is 12.1. The van der Waals surface area contributed by atoms with E-state index in [1.165, 1.54) is 5.57 Å². The van der Waals surface area contributed by atoms with E-state index in [4.69, 9.17) is 0 Å². The van der Waals surface area contributed by atoms with E-state index < -0.39 is 0 Å². The number of rotatable bonds is 1. The van der Waals surface area contributed by atoms with Crippen molar-refractivity contribution in [3.63, 3.8) is 0 Å². The zero-order valence-electron chi connectivity index (χ0n) is 11.4. The minimum atomic E-state index is -0.0234. The molecule has 3 nitrogen and oxygen atoms in total. The second-order valence-corrected chi connectivity index (χ2v) is 4.95. The van der Waals surface area contributed by atoms with Gasteiger partial charge in [-0.1, -0.05) is 13.0 Å². The van der Waals surface area contributed by atoms with Gasteiger partial charge in [0, 0.05) is 18.9 Å². The second kappa shape index (κ2) is 4.84. The van der Waals surface area contributed by atoms with Crippen LogP contribution in [0.2, 0.25) is 0 Å². The van der Waals surface area contributed by atoms with Crippen LogP contribution < -0.4 is 5.32 Å². The van der Waals surface area contributed by atoms with Gasteiger partial charge in [-0.3, -0.25) is 4.79 Å². The zero-order valence-corrected chi connectivity index (χ0v) is 11.4. The molecule has 0 saturated carbocycles. The van der Waals surface area contributed by atoms with Crippen molar-refractivity contribution in [3.8, 4) is 0 Å². The van der Waals surface area contributed by atoms with Gasteiger partial charge < -0.3 is 10.2 Å². The summed E-state index contributed by atoms with van der Waals surface area (Å²) in [7, 11) is 1.68. The lowest BCUT2D eigenvalue weighted by Gasteiger charge is -2.27. The van der Waals surface area contributed by atoms with E-state index >= 15 is 0 Å². The lowest BCUT2D eigenvalue weighted by Crippen LogP contribution is -2.31. The van der Waals surface area contributed by atoms with Gasteiger partial charge in [-0.2, -0.15) is 0 Å². The first-order valence-electron chi connectivity index (χ1n) is 6.33. The van der Waals surface area contributed by atoms with E-state index in [1.807, 2.05) is 24.1 Å². The van der Waals surface area contributed by atoms with Crippen molar-refractivity contribution in [2.75, 3.05) is 7.05 Å². The van der Waals surface area contributed by atoms with E-state index in [0.29, 0.717) is 5.92 Å². The smallest absolute Gasteiger partial charge is 0.267 e. The average Bonchev–Trinajstić information content (AvgIpc) is 2.48. The summed E-state index contributed by atoms with van der Waals surface area (Å²) < 4.78 is 0. The maximum Gasteiger partial charge on any atom is 0.267 e. The standard InChI is InChI=1S/C15H20N2O/c1-10-7-8-17-13(9-10)6-5-11(2)12(3)14(17)15(18)16-4/h6-9,11H,5H2,1-4H3,(H,16,18). The Hall–Kier alpha value is -1.77. The van der Waals surface area contributed by atoms with Crippen LogP contribution in [0.1, 0.15) is 27.2 Å². The largest absolute Gasteiger partial charge is 0.354 e. The number of carbonyl (C=O) groups excluding carboxylic acids is 1. The zero-order chi connectivity index (χ0) is 13.3. The molecule has 0 radical (unpaired) electrons. The van der Waals surface area contributed by atoms with Crippen LogP contribution in [0.5, 0.6) is 0 Å². The van der Waals surface area contributed by atoms with Crippen LogP contribution in [-0.4, -0.2) is 17.9 Å². The molecular formula is C15H20N2O. The highest BCUT2D eigenvalue weighted by Gasteiger charge is 2.26. The molecule has 0 bridgehead atoms. The number of hydrogen-bond donors (Lipinski definition) is 1. The average molecular weight is 244 g/mol. The number of carbonyl (C=O) groups is 1. The van der Waals surface area contributed by atoms with Gasteiger partial charge in [0.1, 0.15) is 5.70 Å². The highest BCUT2D eigenvalue weighted by Crippen LogP contribution is 2.32. The number of allylic oxidation sites excluding steroid dienone is 5. The molecule has 0 aromatic carbocycles. The summed E-state index contributed by atoms with van der Waals surface area (Å²) in [6, 6.07) is 0. The second-order valence-electron chi connectivity index (χ2n) is 4.95. The molecule has 1 unspecified atom stereocenters. The highest BCUT2D eigenvalue weighted by atomic mass is 16.2. The van der Waals surface area contributed by atoms with Crippen molar-refractivity contribution in [2.24, 2.45) is 5.92 Å². The fourth-order valence-corrected chi connectivity index (χ4v) is 2.29. The van der Waals surface area contributed by atoms with Crippen LogP contribution in [0.4, 0.5) is 0 Å².